The van der Waals surface area contributed by atoms with Crippen molar-refractivity contribution < 1.29 is 9.53 Å². The summed E-state index contributed by atoms with van der Waals surface area (Å²) in [6.07, 6.45) is 4.38. The molecule has 1 aliphatic rings. The second-order valence-corrected chi connectivity index (χ2v) is 4.60. The minimum absolute atomic E-state index is 0.0685. The van der Waals surface area contributed by atoms with Gasteiger partial charge in [-0.15, -0.1) is 0 Å². The van der Waals surface area contributed by atoms with Crippen molar-refractivity contribution >= 4 is 16.7 Å². The van der Waals surface area contributed by atoms with Gasteiger partial charge in [0.1, 0.15) is 6.10 Å². The number of hydrogen-bond acceptors (Lipinski definition) is 3. The number of carbonyl (C=O) groups excluding carboxylic acids is 1. The van der Waals surface area contributed by atoms with Crippen molar-refractivity contribution in [2.45, 2.75) is 25.4 Å². The number of nitrogens with zero attached hydrogens (tertiary/aromatic N) is 1. The molecule has 1 fully saturated rings. The van der Waals surface area contributed by atoms with Gasteiger partial charge in [-0.2, -0.15) is 0 Å². The third kappa shape index (κ3) is 2.02. The van der Waals surface area contributed by atoms with E-state index in [-0.39, 0.29) is 11.9 Å². The SMILES string of the molecule is O=C(c1cccc2cccnc12)C1CCCCO1. The molecular weight excluding hydrogens is 226 g/mol. The van der Waals surface area contributed by atoms with Crippen LogP contribution in [0, 0.1) is 0 Å². The predicted molar refractivity (Wildman–Crippen MR) is 69.7 cm³/mol. The summed E-state index contributed by atoms with van der Waals surface area (Å²) in [5.74, 6) is 0.0685. The average Bonchev–Trinajstić information content (AvgIpc) is 2.47. The fourth-order valence-corrected chi connectivity index (χ4v) is 2.42. The van der Waals surface area contributed by atoms with E-state index >= 15 is 0 Å². The molecule has 1 saturated heterocycles. The van der Waals surface area contributed by atoms with Crippen LogP contribution in [0.25, 0.3) is 10.9 Å². The largest absolute Gasteiger partial charge is 0.370 e. The van der Waals surface area contributed by atoms with E-state index in [9.17, 15) is 4.79 Å². The second-order valence-electron chi connectivity index (χ2n) is 4.60. The van der Waals surface area contributed by atoms with E-state index in [0.29, 0.717) is 12.2 Å². The van der Waals surface area contributed by atoms with E-state index in [0.717, 1.165) is 30.2 Å². The third-order valence-corrected chi connectivity index (χ3v) is 3.37. The monoisotopic (exact) mass is 241 g/mol. The van der Waals surface area contributed by atoms with Gasteiger partial charge in [-0.1, -0.05) is 18.2 Å². The summed E-state index contributed by atoms with van der Waals surface area (Å²) in [5, 5.41) is 0.999. The van der Waals surface area contributed by atoms with Crippen LogP contribution in [0.1, 0.15) is 29.6 Å². The lowest BCUT2D eigenvalue weighted by atomic mass is 9.98. The van der Waals surface area contributed by atoms with Gasteiger partial charge in [-0.25, -0.2) is 0 Å². The standard InChI is InChI=1S/C15H15NO2/c17-15(13-8-1-2-10-18-13)12-7-3-5-11-6-4-9-16-14(11)12/h3-7,9,13H,1-2,8,10H2. The number of Topliss-reactive ketones (excluding diaryl/α,β-unsaturated/α-hetero) is 1. The number of rotatable bonds is 2. The number of aromatic nitrogens is 1. The van der Waals surface area contributed by atoms with E-state index in [2.05, 4.69) is 4.98 Å². The molecule has 0 aliphatic carbocycles. The van der Waals surface area contributed by atoms with Crippen molar-refractivity contribution in [1.29, 1.82) is 0 Å². The molecule has 1 unspecified atom stereocenters. The molecule has 92 valence electrons. The van der Waals surface area contributed by atoms with Crippen molar-refractivity contribution in [1.82, 2.24) is 4.98 Å². The van der Waals surface area contributed by atoms with Gasteiger partial charge < -0.3 is 4.74 Å². The van der Waals surface area contributed by atoms with Crippen LogP contribution in [-0.2, 0) is 4.74 Å². The van der Waals surface area contributed by atoms with E-state index in [1.807, 2.05) is 30.3 Å². The highest BCUT2D eigenvalue weighted by Gasteiger charge is 2.24. The molecule has 1 aromatic heterocycles. The minimum atomic E-state index is -0.286. The fourth-order valence-electron chi connectivity index (χ4n) is 2.42. The molecule has 18 heavy (non-hydrogen) atoms. The molecule has 0 spiro atoms. The van der Waals surface area contributed by atoms with Gasteiger partial charge in [0.2, 0.25) is 0 Å². The number of fused-ring (bicyclic) bond motifs is 1. The normalized spacial score (nSPS) is 19.9. The van der Waals surface area contributed by atoms with Gasteiger partial charge in [0.15, 0.2) is 5.78 Å². The average molecular weight is 241 g/mol. The zero-order valence-corrected chi connectivity index (χ0v) is 10.1. The lowest BCUT2D eigenvalue weighted by molar-refractivity contribution is 0.0187. The summed E-state index contributed by atoms with van der Waals surface area (Å²) in [6, 6.07) is 9.57. The maximum atomic E-state index is 12.4. The number of carbonyl (C=O) groups is 1. The number of ether oxygens (including phenoxy) is 1. The topological polar surface area (TPSA) is 39.2 Å². The van der Waals surface area contributed by atoms with Crippen molar-refractivity contribution in [2.24, 2.45) is 0 Å². The van der Waals surface area contributed by atoms with Crippen LogP contribution >= 0.6 is 0 Å². The van der Waals surface area contributed by atoms with E-state index in [4.69, 9.17) is 4.74 Å². The molecule has 0 saturated carbocycles. The zero-order valence-electron chi connectivity index (χ0n) is 10.1. The first kappa shape index (κ1) is 11.4. The molecule has 0 bridgehead atoms. The molecule has 0 radical (unpaired) electrons. The maximum absolute atomic E-state index is 12.4. The summed E-state index contributed by atoms with van der Waals surface area (Å²) in [6.45, 7) is 0.689. The van der Waals surface area contributed by atoms with Gasteiger partial charge >= 0.3 is 0 Å². The van der Waals surface area contributed by atoms with Crippen LogP contribution < -0.4 is 0 Å². The van der Waals surface area contributed by atoms with Crippen LogP contribution in [0.4, 0.5) is 0 Å². The predicted octanol–water partition coefficient (Wildman–Crippen LogP) is 2.99. The summed E-state index contributed by atoms with van der Waals surface area (Å²) >= 11 is 0. The Morgan fingerprint density at radius 2 is 2.11 bits per heavy atom. The number of pyridine rings is 1. The van der Waals surface area contributed by atoms with E-state index < -0.39 is 0 Å². The van der Waals surface area contributed by atoms with Crippen molar-refractivity contribution in [3.8, 4) is 0 Å². The van der Waals surface area contributed by atoms with E-state index in [1.54, 1.807) is 6.20 Å². The third-order valence-electron chi connectivity index (χ3n) is 3.37. The number of para-hydroxylation sites is 1. The fraction of sp³-hybridized carbons (Fsp3) is 0.333. The molecule has 2 aromatic rings. The molecule has 2 heterocycles. The Morgan fingerprint density at radius 1 is 1.22 bits per heavy atom. The smallest absolute Gasteiger partial charge is 0.193 e. The molecule has 3 nitrogen and oxygen atoms in total. The Balaban J connectivity index is 2.00. The number of hydrogen-bond donors (Lipinski definition) is 0. The Bertz CT molecular complexity index is 568. The molecule has 3 rings (SSSR count). The maximum Gasteiger partial charge on any atom is 0.193 e. The van der Waals surface area contributed by atoms with Crippen LogP contribution in [0.15, 0.2) is 36.5 Å². The lowest BCUT2D eigenvalue weighted by Gasteiger charge is -2.21. The molecule has 1 aromatic carbocycles. The Kier molecular flexibility index (Phi) is 3.07. The first-order valence-corrected chi connectivity index (χ1v) is 6.36. The van der Waals surface area contributed by atoms with Crippen molar-refractivity contribution in [3.63, 3.8) is 0 Å². The first-order valence-electron chi connectivity index (χ1n) is 6.36. The summed E-state index contributed by atoms with van der Waals surface area (Å²) in [5.41, 5.74) is 1.46. The lowest BCUT2D eigenvalue weighted by Crippen LogP contribution is -2.28. The summed E-state index contributed by atoms with van der Waals surface area (Å²) < 4.78 is 5.57. The van der Waals surface area contributed by atoms with E-state index in [1.165, 1.54) is 0 Å². The second kappa shape index (κ2) is 4.86. The summed E-state index contributed by atoms with van der Waals surface area (Å²) in [7, 11) is 0. The zero-order chi connectivity index (χ0) is 12.4. The Morgan fingerprint density at radius 3 is 2.94 bits per heavy atom. The highest BCUT2D eigenvalue weighted by Crippen LogP contribution is 2.22. The van der Waals surface area contributed by atoms with Crippen LogP contribution in [0.3, 0.4) is 0 Å². The van der Waals surface area contributed by atoms with Gasteiger partial charge in [0.25, 0.3) is 0 Å². The Labute approximate surface area is 106 Å². The molecule has 0 amide bonds. The van der Waals surface area contributed by atoms with Crippen molar-refractivity contribution in [2.75, 3.05) is 6.61 Å². The quantitative estimate of drug-likeness (QED) is 0.759. The van der Waals surface area contributed by atoms with Crippen LogP contribution in [0.5, 0.6) is 0 Å². The molecule has 1 aliphatic heterocycles. The molecule has 0 N–H and O–H groups in total. The number of ketones is 1. The summed E-state index contributed by atoms with van der Waals surface area (Å²) in [4.78, 5) is 16.8. The molecular formula is C15H15NO2. The highest BCUT2D eigenvalue weighted by molar-refractivity contribution is 6.08. The van der Waals surface area contributed by atoms with Gasteiger partial charge in [0, 0.05) is 23.8 Å². The number of benzene rings is 1. The first-order chi connectivity index (χ1) is 8.86. The van der Waals surface area contributed by atoms with Crippen LogP contribution in [-0.4, -0.2) is 23.5 Å². The van der Waals surface area contributed by atoms with Crippen LogP contribution in [0.2, 0.25) is 0 Å². The molecule has 3 heteroatoms. The highest BCUT2D eigenvalue weighted by atomic mass is 16.5. The van der Waals surface area contributed by atoms with Gasteiger partial charge in [0.05, 0.1) is 5.52 Å². The van der Waals surface area contributed by atoms with Gasteiger partial charge in [-0.3, -0.25) is 9.78 Å². The van der Waals surface area contributed by atoms with Crippen molar-refractivity contribution in [3.05, 3.63) is 42.1 Å². The van der Waals surface area contributed by atoms with Gasteiger partial charge in [-0.05, 0) is 31.4 Å². The molecule has 1 atom stereocenters. The minimum Gasteiger partial charge on any atom is -0.370 e. The Hall–Kier alpha value is -1.74.